The van der Waals surface area contributed by atoms with Crippen LogP contribution in [0.25, 0.3) is 0 Å². The molecule has 0 heterocycles. The number of benzene rings is 1. The molecule has 1 amide bonds. The summed E-state index contributed by atoms with van der Waals surface area (Å²) in [5, 5.41) is 3.07. The van der Waals surface area contributed by atoms with E-state index in [-0.39, 0.29) is 5.91 Å². The topological polar surface area (TPSA) is 64.3 Å². The number of methoxy groups -OCH3 is 1. The van der Waals surface area contributed by atoms with Crippen LogP contribution in [0.3, 0.4) is 0 Å². The van der Waals surface area contributed by atoms with Crippen molar-refractivity contribution in [2.24, 2.45) is 17.8 Å². The van der Waals surface area contributed by atoms with E-state index in [0.717, 1.165) is 18.4 Å². The summed E-state index contributed by atoms with van der Waals surface area (Å²) in [5.74, 6) is 2.74. The summed E-state index contributed by atoms with van der Waals surface area (Å²) in [5.41, 5.74) is 6.86. The van der Waals surface area contributed by atoms with Crippen molar-refractivity contribution in [1.82, 2.24) is 5.32 Å². The van der Waals surface area contributed by atoms with Gasteiger partial charge in [-0.1, -0.05) is 6.07 Å². The number of amides is 1. The van der Waals surface area contributed by atoms with Gasteiger partial charge in [-0.15, -0.1) is 0 Å². The van der Waals surface area contributed by atoms with Crippen molar-refractivity contribution in [2.75, 3.05) is 19.4 Å². The van der Waals surface area contributed by atoms with Crippen LogP contribution in [0.1, 0.15) is 36.0 Å². The number of nitrogen functional groups attached to an aromatic ring is 1. The van der Waals surface area contributed by atoms with Crippen LogP contribution in [0.2, 0.25) is 0 Å². The number of rotatable bonds is 6. The normalized spacial score (nSPS) is 18.1. The average molecular weight is 274 g/mol. The van der Waals surface area contributed by atoms with E-state index in [9.17, 15) is 4.79 Å². The van der Waals surface area contributed by atoms with Crippen LogP contribution >= 0.6 is 0 Å². The number of ether oxygens (including phenoxy) is 1. The Morgan fingerprint density at radius 2 is 2.00 bits per heavy atom. The molecular weight excluding hydrogens is 252 g/mol. The molecule has 2 aliphatic carbocycles. The second-order valence-corrected chi connectivity index (χ2v) is 5.98. The molecule has 2 aliphatic rings. The molecule has 0 spiro atoms. The summed E-state index contributed by atoms with van der Waals surface area (Å²) in [7, 11) is 1.54. The van der Waals surface area contributed by atoms with Crippen molar-refractivity contribution in [3.8, 4) is 5.75 Å². The van der Waals surface area contributed by atoms with Crippen molar-refractivity contribution in [3.63, 3.8) is 0 Å². The lowest BCUT2D eigenvalue weighted by Crippen LogP contribution is -2.31. The van der Waals surface area contributed by atoms with Crippen LogP contribution in [0.15, 0.2) is 18.2 Å². The van der Waals surface area contributed by atoms with Gasteiger partial charge in [0.1, 0.15) is 0 Å². The first-order chi connectivity index (χ1) is 9.70. The number of anilines is 1. The zero-order chi connectivity index (χ0) is 14.1. The molecule has 1 aromatic rings. The first-order valence-electron chi connectivity index (χ1n) is 7.41. The number of hydrogen-bond donors (Lipinski definition) is 2. The molecule has 0 aliphatic heterocycles. The zero-order valence-electron chi connectivity index (χ0n) is 11.9. The van der Waals surface area contributed by atoms with Crippen LogP contribution in [-0.4, -0.2) is 19.6 Å². The highest BCUT2D eigenvalue weighted by Gasteiger charge is 2.41. The highest BCUT2D eigenvalue weighted by molar-refractivity contribution is 5.98. The zero-order valence-corrected chi connectivity index (χ0v) is 11.9. The van der Waals surface area contributed by atoms with E-state index < -0.39 is 0 Å². The molecule has 0 atom stereocenters. The van der Waals surface area contributed by atoms with E-state index in [0.29, 0.717) is 22.9 Å². The fourth-order valence-electron chi connectivity index (χ4n) is 3.03. The van der Waals surface area contributed by atoms with Crippen LogP contribution < -0.4 is 15.8 Å². The molecule has 4 heteroatoms. The Kier molecular flexibility index (Phi) is 3.55. The van der Waals surface area contributed by atoms with Crippen LogP contribution in [0, 0.1) is 17.8 Å². The SMILES string of the molecule is COc1c(N)cccc1C(=O)NCC(C1CC1)C1CC1. The molecular formula is C16H22N2O2. The fourth-order valence-corrected chi connectivity index (χ4v) is 3.03. The molecule has 4 nitrogen and oxygen atoms in total. The van der Waals surface area contributed by atoms with Crippen LogP contribution in [0.5, 0.6) is 5.75 Å². The lowest BCUT2D eigenvalue weighted by atomic mass is 9.98. The van der Waals surface area contributed by atoms with Gasteiger partial charge in [0.2, 0.25) is 0 Å². The highest BCUT2D eigenvalue weighted by Crippen LogP contribution is 2.48. The van der Waals surface area contributed by atoms with Gasteiger partial charge in [0, 0.05) is 6.54 Å². The second kappa shape index (κ2) is 5.35. The average Bonchev–Trinajstić information content (AvgIpc) is 3.31. The highest BCUT2D eigenvalue weighted by atomic mass is 16.5. The summed E-state index contributed by atoms with van der Waals surface area (Å²) < 4.78 is 5.24. The molecule has 3 rings (SSSR count). The summed E-state index contributed by atoms with van der Waals surface area (Å²) in [6.07, 6.45) is 5.33. The van der Waals surface area contributed by atoms with E-state index in [1.54, 1.807) is 25.3 Å². The fraction of sp³-hybridized carbons (Fsp3) is 0.562. The van der Waals surface area contributed by atoms with Gasteiger partial charge in [-0.25, -0.2) is 0 Å². The molecule has 3 N–H and O–H groups in total. The molecule has 0 radical (unpaired) electrons. The number of hydrogen-bond acceptors (Lipinski definition) is 3. The molecule has 2 fully saturated rings. The Balaban J connectivity index is 1.65. The molecule has 0 bridgehead atoms. The molecule has 108 valence electrons. The largest absolute Gasteiger partial charge is 0.494 e. The van der Waals surface area contributed by atoms with Gasteiger partial charge < -0.3 is 15.8 Å². The maximum Gasteiger partial charge on any atom is 0.255 e. The number of carbonyl (C=O) groups excluding carboxylic acids is 1. The minimum absolute atomic E-state index is 0.0829. The van der Waals surface area contributed by atoms with Crippen molar-refractivity contribution >= 4 is 11.6 Å². The number of carbonyl (C=O) groups is 1. The van der Waals surface area contributed by atoms with Gasteiger partial charge in [0.15, 0.2) is 5.75 Å². The van der Waals surface area contributed by atoms with E-state index in [4.69, 9.17) is 10.5 Å². The maximum atomic E-state index is 12.3. The van der Waals surface area contributed by atoms with E-state index in [2.05, 4.69) is 5.32 Å². The Hall–Kier alpha value is -1.71. The van der Waals surface area contributed by atoms with Gasteiger partial charge in [-0.05, 0) is 55.6 Å². The molecule has 0 aromatic heterocycles. The third-order valence-electron chi connectivity index (χ3n) is 4.45. The molecule has 0 unspecified atom stereocenters. The van der Waals surface area contributed by atoms with Crippen molar-refractivity contribution < 1.29 is 9.53 Å². The molecule has 0 saturated heterocycles. The summed E-state index contributed by atoms with van der Waals surface area (Å²) in [4.78, 5) is 12.3. The smallest absolute Gasteiger partial charge is 0.255 e. The van der Waals surface area contributed by atoms with Gasteiger partial charge in [0.05, 0.1) is 18.4 Å². The minimum atomic E-state index is -0.0829. The quantitative estimate of drug-likeness (QED) is 0.783. The lowest BCUT2D eigenvalue weighted by molar-refractivity contribution is 0.0940. The Morgan fingerprint density at radius 3 is 2.55 bits per heavy atom. The number of para-hydroxylation sites is 1. The predicted molar refractivity (Wildman–Crippen MR) is 78.7 cm³/mol. The van der Waals surface area contributed by atoms with Crippen LogP contribution in [-0.2, 0) is 0 Å². The van der Waals surface area contributed by atoms with E-state index in [1.165, 1.54) is 25.7 Å². The third kappa shape index (κ3) is 2.74. The first-order valence-corrected chi connectivity index (χ1v) is 7.41. The number of nitrogens with one attached hydrogen (secondary N) is 1. The van der Waals surface area contributed by atoms with E-state index >= 15 is 0 Å². The Morgan fingerprint density at radius 1 is 1.35 bits per heavy atom. The molecule has 2 saturated carbocycles. The summed E-state index contributed by atoms with van der Waals surface area (Å²) in [6.45, 7) is 0.784. The molecule has 20 heavy (non-hydrogen) atoms. The monoisotopic (exact) mass is 274 g/mol. The Bertz CT molecular complexity index is 495. The number of nitrogens with two attached hydrogens (primary N) is 1. The summed E-state index contributed by atoms with van der Waals surface area (Å²) in [6, 6.07) is 5.28. The van der Waals surface area contributed by atoms with Crippen molar-refractivity contribution in [2.45, 2.75) is 25.7 Å². The third-order valence-corrected chi connectivity index (χ3v) is 4.45. The van der Waals surface area contributed by atoms with Gasteiger partial charge in [0.25, 0.3) is 5.91 Å². The van der Waals surface area contributed by atoms with Crippen molar-refractivity contribution in [3.05, 3.63) is 23.8 Å². The van der Waals surface area contributed by atoms with Gasteiger partial charge in [-0.3, -0.25) is 4.79 Å². The predicted octanol–water partition coefficient (Wildman–Crippen LogP) is 2.44. The molecule has 1 aromatic carbocycles. The standard InChI is InChI=1S/C16H22N2O2/c1-20-15-12(3-2-4-14(15)17)16(19)18-9-13(10-5-6-10)11-7-8-11/h2-4,10-11,13H,5-9,17H2,1H3,(H,18,19). The van der Waals surface area contributed by atoms with Gasteiger partial charge in [-0.2, -0.15) is 0 Å². The van der Waals surface area contributed by atoms with Crippen LogP contribution in [0.4, 0.5) is 5.69 Å². The van der Waals surface area contributed by atoms with Gasteiger partial charge >= 0.3 is 0 Å². The second-order valence-electron chi connectivity index (χ2n) is 5.98. The summed E-state index contributed by atoms with van der Waals surface area (Å²) >= 11 is 0. The first kappa shape index (κ1) is 13.3. The lowest BCUT2D eigenvalue weighted by Gasteiger charge is -2.17. The Labute approximate surface area is 119 Å². The van der Waals surface area contributed by atoms with E-state index in [1.807, 2.05) is 0 Å². The van der Waals surface area contributed by atoms with Crippen molar-refractivity contribution in [1.29, 1.82) is 0 Å². The maximum absolute atomic E-state index is 12.3. The minimum Gasteiger partial charge on any atom is -0.494 e.